The number of pyridine rings is 1. The predicted molar refractivity (Wildman–Crippen MR) is 112 cm³/mol. The fourth-order valence-electron chi connectivity index (χ4n) is 2.68. The number of nitrogens with zero attached hydrogens (tertiary/aromatic N) is 2. The molecule has 0 aliphatic rings. The van der Waals surface area contributed by atoms with Gasteiger partial charge in [0.2, 0.25) is 0 Å². The Morgan fingerprint density at radius 3 is 2.43 bits per heavy atom. The monoisotopic (exact) mass is 488 g/mol. The fraction of sp³-hybridized carbons (Fsp3) is 0.100. The maximum absolute atomic E-state index is 12.6. The minimum Gasteiger partial charge on any atom is -0.537 e. The molecule has 0 aliphatic heterocycles. The topological polar surface area (TPSA) is 87.4 Å². The molecule has 0 radical (unpaired) electrons. The van der Waals surface area contributed by atoms with Crippen molar-refractivity contribution in [2.45, 2.75) is 11.8 Å². The molecule has 0 N–H and O–H groups in total. The van der Waals surface area contributed by atoms with Crippen LogP contribution in [0.25, 0.3) is 16.0 Å². The smallest absolute Gasteiger partial charge is 0.537 e. The molecule has 0 fully saturated rings. The van der Waals surface area contributed by atoms with Crippen LogP contribution in [0, 0.1) is 6.92 Å². The van der Waals surface area contributed by atoms with Gasteiger partial charge in [0.1, 0.15) is 15.8 Å². The second-order valence-electron chi connectivity index (χ2n) is 6.03. The van der Waals surface area contributed by atoms with Crippen molar-refractivity contribution in [3.63, 3.8) is 0 Å². The fourth-order valence-corrected chi connectivity index (χ4v) is 4.00. The van der Waals surface area contributed by atoms with E-state index in [0.29, 0.717) is 26.9 Å². The Morgan fingerprint density at radius 2 is 1.80 bits per heavy atom. The summed E-state index contributed by atoms with van der Waals surface area (Å²) in [5.41, 5.74) is 1.78. The number of halogens is 2. The van der Waals surface area contributed by atoms with E-state index in [1.165, 1.54) is 31.4 Å². The Kier molecular flexibility index (Phi) is 8.90. The van der Waals surface area contributed by atoms with E-state index in [1.807, 2.05) is 0 Å². The van der Waals surface area contributed by atoms with Gasteiger partial charge in [-0.3, -0.25) is 4.98 Å². The number of hydrogen-bond acceptors (Lipinski definition) is 5. The Balaban J connectivity index is 0.00000320. The Labute approximate surface area is 227 Å². The summed E-state index contributed by atoms with van der Waals surface area (Å²) in [6, 6.07) is 12.7. The molecule has 150 valence electrons. The maximum atomic E-state index is 12.6. The normalized spacial score (nSPS) is 10.8. The zero-order valence-corrected chi connectivity index (χ0v) is 21.8. The third kappa shape index (κ3) is 5.63. The summed E-state index contributed by atoms with van der Waals surface area (Å²) in [5, 5.41) is 0.838. The summed E-state index contributed by atoms with van der Waals surface area (Å²) in [5.74, 6) is -0.837. The van der Waals surface area contributed by atoms with Gasteiger partial charge in [-0.15, -0.1) is 0 Å². The predicted octanol–water partition coefficient (Wildman–Crippen LogP) is 2.28. The Hall–Kier alpha value is -0.974. The van der Waals surface area contributed by atoms with Crippen LogP contribution in [0.4, 0.5) is 0 Å². The number of benzene rings is 2. The summed E-state index contributed by atoms with van der Waals surface area (Å²) in [4.78, 5) is 16.5. The summed E-state index contributed by atoms with van der Waals surface area (Å²) >= 11 is 12.1. The minimum atomic E-state index is -4.28. The van der Waals surface area contributed by atoms with Crippen LogP contribution in [0.2, 0.25) is 10.0 Å². The number of sulfonamides is 1. The molecule has 0 spiro atoms. The van der Waals surface area contributed by atoms with Gasteiger partial charge in [0.05, 0.1) is 23.6 Å². The van der Waals surface area contributed by atoms with Crippen LogP contribution in [-0.4, -0.2) is 26.4 Å². The molecule has 30 heavy (non-hydrogen) atoms. The van der Waals surface area contributed by atoms with E-state index >= 15 is 0 Å². The summed E-state index contributed by atoms with van der Waals surface area (Å²) < 4.78 is 33.7. The van der Waals surface area contributed by atoms with Crippen molar-refractivity contribution in [3.8, 4) is 17.0 Å². The third-order valence-corrected chi connectivity index (χ3v) is 5.87. The standard InChI is InChI=1S/C20H16Cl2N2O4S.K/c1-12-9-14(11-23-19(12)15-5-3-4-6-17(15)22)29(26,27)24-20(25)16-8-7-13(21)10-18(16)28-2;/h3-11H,1-2H3,(H,24,25);/q;+1/p-1. The van der Waals surface area contributed by atoms with Crippen LogP contribution in [0.1, 0.15) is 15.9 Å². The van der Waals surface area contributed by atoms with Gasteiger partial charge in [-0.2, -0.15) is 0 Å². The van der Waals surface area contributed by atoms with Crippen LogP contribution in [-0.2, 0) is 10.0 Å². The van der Waals surface area contributed by atoms with Crippen molar-refractivity contribution >= 4 is 39.1 Å². The van der Waals surface area contributed by atoms with Crippen LogP contribution in [0.15, 0.2) is 59.6 Å². The zero-order chi connectivity index (χ0) is 21.2. The minimum absolute atomic E-state index is 0. The molecule has 1 amide bonds. The zero-order valence-electron chi connectivity index (χ0n) is 16.4. The largest absolute Gasteiger partial charge is 1.00 e. The molecule has 0 bridgehead atoms. The Morgan fingerprint density at radius 1 is 1.10 bits per heavy atom. The van der Waals surface area contributed by atoms with E-state index in [4.69, 9.17) is 27.9 Å². The molecule has 0 unspecified atom stereocenters. The quantitative estimate of drug-likeness (QED) is 0.514. The maximum Gasteiger partial charge on any atom is 1.00 e. The van der Waals surface area contributed by atoms with Gasteiger partial charge >= 0.3 is 51.4 Å². The van der Waals surface area contributed by atoms with Crippen LogP contribution in [0.3, 0.4) is 0 Å². The number of rotatable bonds is 5. The van der Waals surface area contributed by atoms with E-state index in [0.717, 1.165) is 6.20 Å². The van der Waals surface area contributed by atoms with Gasteiger partial charge in [-0.25, -0.2) is 8.42 Å². The van der Waals surface area contributed by atoms with E-state index in [9.17, 15) is 13.2 Å². The first kappa shape index (κ1) is 25.3. The molecule has 3 rings (SSSR count). The number of aryl methyl sites for hydroxylation is 1. The van der Waals surface area contributed by atoms with E-state index in [-0.39, 0.29) is 67.6 Å². The van der Waals surface area contributed by atoms with E-state index in [1.54, 1.807) is 31.2 Å². The number of methoxy groups -OCH3 is 1. The van der Waals surface area contributed by atoms with Crippen LogP contribution < -0.4 is 56.1 Å². The van der Waals surface area contributed by atoms with Crippen LogP contribution in [0.5, 0.6) is 5.75 Å². The van der Waals surface area contributed by atoms with E-state index < -0.39 is 15.9 Å². The SMILES string of the molecule is COc1cc(Cl)ccc1C(=O)[N-]S(=O)(=O)c1cnc(-c2ccccc2Cl)c(C)c1.[K+]. The number of ether oxygens (including phenoxy) is 1. The van der Waals surface area contributed by atoms with Gasteiger partial charge in [-0.05, 0) is 42.8 Å². The molecule has 3 aromatic rings. The number of carbonyl (C=O) groups is 1. The summed E-state index contributed by atoms with van der Waals surface area (Å²) in [6.45, 7) is 1.70. The molecule has 6 nitrogen and oxygen atoms in total. The van der Waals surface area contributed by atoms with Crippen molar-refractivity contribution in [2.24, 2.45) is 0 Å². The van der Waals surface area contributed by atoms with Crippen molar-refractivity contribution in [1.82, 2.24) is 4.98 Å². The summed E-state index contributed by atoms with van der Waals surface area (Å²) in [7, 11) is -2.94. The first-order chi connectivity index (χ1) is 13.7. The molecule has 0 saturated carbocycles. The first-order valence-electron chi connectivity index (χ1n) is 8.30. The van der Waals surface area contributed by atoms with Gasteiger partial charge < -0.3 is 14.3 Å². The van der Waals surface area contributed by atoms with Gasteiger partial charge in [0.15, 0.2) is 0 Å². The van der Waals surface area contributed by atoms with Gasteiger partial charge in [-0.1, -0.05) is 41.4 Å². The van der Waals surface area contributed by atoms with Crippen molar-refractivity contribution < 1.29 is 69.3 Å². The Bertz CT molecular complexity index is 1200. The summed E-state index contributed by atoms with van der Waals surface area (Å²) in [6.07, 6.45) is 1.15. The van der Waals surface area contributed by atoms with Crippen molar-refractivity contribution in [2.75, 3.05) is 7.11 Å². The number of aromatic nitrogens is 1. The molecule has 1 aromatic heterocycles. The van der Waals surface area contributed by atoms with Crippen molar-refractivity contribution in [3.05, 3.63) is 80.6 Å². The number of hydrogen-bond donors (Lipinski definition) is 0. The molecule has 1 heterocycles. The third-order valence-electron chi connectivity index (χ3n) is 4.08. The van der Waals surface area contributed by atoms with E-state index in [2.05, 4.69) is 9.71 Å². The molecule has 2 aromatic carbocycles. The van der Waals surface area contributed by atoms with Gasteiger partial charge in [0, 0.05) is 27.4 Å². The second kappa shape index (κ2) is 10.6. The first-order valence-corrected chi connectivity index (χ1v) is 10.5. The van der Waals surface area contributed by atoms with Gasteiger partial charge in [0.25, 0.3) is 0 Å². The number of carbonyl (C=O) groups excluding carboxylic acids is 1. The molecular weight excluding hydrogens is 474 g/mol. The van der Waals surface area contributed by atoms with Crippen molar-refractivity contribution in [1.29, 1.82) is 0 Å². The molecule has 0 atom stereocenters. The average Bonchev–Trinajstić information content (AvgIpc) is 2.68. The molecule has 0 saturated heterocycles. The number of amides is 1. The van der Waals surface area contributed by atoms with Crippen LogP contribution >= 0.6 is 23.2 Å². The second-order valence-corrected chi connectivity index (χ2v) is 8.48. The molecular formula is C20H15Cl2KN2O4S. The molecule has 10 heteroatoms. The average molecular weight is 489 g/mol. The molecule has 0 aliphatic carbocycles.